The van der Waals surface area contributed by atoms with Crippen molar-refractivity contribution in [2.24, 2.45) is 0 Å². The lowest BCUT2D eigenvalue weighted by Gasteiger charge is -2.15. The molecule has 0 saturated heterocycles. The van der Waals surface area contributed by atoms with E-state index in [2.05, 4.69) is 17.2 Å². The van der Waals surface area contributed by atoms with Crippen molar-refractivity contribution in [1.29, 1.82) is 0 Å². The summed E-state index contributed by atoms with van der Waals surface area (Å²) < 4.78 is 10.5. The third-order valence-electron chi connectivity index (χ3n) is 2.93. The molecule has 0 saturated carbocycles. The van der Waals surface area contributed by atoms with Crippen molar-refractivity contribution in [3.63, 3.8) is 0 Å². The highest BCUT2D eigenvalue weighted by Gasteiger charge is 2.12. The average Bonchev–Trinajstić information content (AvgIpc) is 2.51. The Kier molecular flexibility index (Phi) is 8.16. The first kappa shape index (κ1) is 17.2. The number of carbonyl (C=O) groups excluding carboxylic acids is 1. The molecule has 0 radical (unpaired) electrons. The quantitative estimate of drug-likeness (QED) is 0.507. The Bertz CT molecular complexity index is 449. The Hall–Kier alpha value is -1.85. The fourth-order valence-electron chi connectivity index (χ4n) is 1.72. The summed E-state index contributed by atoms with van der Waals surface area (Å²) in [5.74, 6) is 0.758. The molecule has 116 valence electrons. The molecule has 1 unspecified atom stereocenters. The smallest absolute Gasteiger partial charge is 0.236 e. The number of methoxy groups -OCH3 is 1. The second-order valence-electron chi connectivity index (χ2n) is 4.59. The van der Waals surface area contributed by atoms with Crippen LogP contribution in [-0.2, 0) is 16.1 Å². The van der Waals surface area contributed by atoms with Gasteiger partial charge in [-0.15, -0.1) is 0 Å². The molecule has 0 spiro atoms. The van der Waals surface area contributed by atoms with Gasteiger partial charge in [0.05, 0.1) is 12.6 Å². The molecule has 21 heavy (non-hydrogen) atoms. The lowest BCUT2D eigenvalue weighted by Crippen LogP contribution is -2.42. The van der Waals surface area contributed by atoms with Crippen molar-refractivity contribution in [3.8, 4) is 5.75 Å². The van der Waals surface area contributed by atoms with Gasteiger partial charge in [-0.3, -0.25) is 4.79 Å². The summed E-state index contributed by atoms with van der Waals surface area (Å²) in [7, 11) is 1.61. The molecule has 0 heterocycles. The van der Waals surface area contributed by atoms with Crippen LogP contribution in [0.25, 0.3) is 0 Å². The van der Waals surface area contributed by atoms with E-state index < -0.39 is 0 Å². The first-order chi connectivity index (χ1) is 10.2. The van der Waals surface area contributed by atoms with E-state index in [0.29, 0.717) is 26.3 Å². The van der Waals surface area contributed by atoms with Crippen molar-refractivity contribution in [1.82, 2.24) is 10.6 Å². The average molecular weight is 292 g/mol. The molecule has 0 aliphatic rings. The van der Waals surface area contributed by atoms with E-state index in [4.69, 9.17) is 9.47 Å². The topological polar surface area (TPSA) is 59.6 Å². The van der Waals surface area contributed by atoms with Crippen molar-refractivity contribution in [2.45, 2.75) is 19.5 Å². The molecule has 5 heteroatoms. The molecule has 0 aliphatic carbocycles. The third-order valence-corrected chi connectivity index (χ3v) is 2.93. The standard InChI is InChI=1S/C16H24N2O3/c1-4-10-21-15-8-6-5-7-14(15)12-18-13(2)16(19)17-9-11-20-3/h4-8,13,18H,1,9-12H2,2-3H3,(H,17,19). The number of rotatable bonds is 10. The predicted octanol–water partition coefficient (Wildman–Crippen LogP) is 1.49. The summed E-state index contributed by atoms with van der Waals surface area (Å²) in [6, 6.07) is 7.46. The second kappa shape index (κ2) is 9.96. The first-order valence-electron chi connectivity index (χ1n) is 7.00. The highest BCUT2D eigenvalue weighted by atomic mass is 16.5. The minimum absolute atomic E-state index is 0.0449. The zero-order valence-corrected chi connectivity index (χ0v) is 12.7. The number of amides is 1. The molecule has 1 aromatic carbocycles. The van der Waals surface area contributed by atoms with Crippen LogP contribution in [0.1, 0.15) is 12.5 Å². The zero-order valence-electron chi connectivity index (χ0n) is 12.7. The van der Waals surface area contributed by atoms with E-state index in [0.717, 1.165) is 11.3 Å². The fraction of sp³-hybridized carbons (Fsp3) is 0.438. The van der Waals surface area contributed by atoms with Crippen LogP contribution in [0.5, 0.6) is 5.75 Å². The maximum absolute atomic E-state index is 11.8. The Balaban J connectivity index is 2.46. The first-order valence-corrected chi connectivity index (χ1v) is 7.00. The summed E-state index contributed by atoms with van der Waals surface area (Å²) in [5.41, 5.74) is 1.01. The Morgan fingerprint density at radius 1 is 1.43 bits per heavy atom. The van der Waals surface area contributed by atoms with E-state index in [-0.39, 0.29) is 11.9 Å². The Labute approximate surface area is 126 Å². The van der Waals surface area contributed by atoms with Gasteiger partial charge in [0.2, 0.25) is 5.91 Å². The molecule has 0 bridgehead atoms. The molecule has 5 nitrogen and oxygen atoms in total. The van der Waals surface area contributed by atoms with Crippen LogP contribution in [0.2, 0.25) is 0 Å². The van der Waals surface area contributed by atoms with E-state index in [1.807, 2.05) is 31.2 Å². The van der Waals surface area contributed by atoms with E-state index in [1.54, 1.807) is 13.2 Å². The molecule has 1 aromatic rings. The highest BCUT2D eigenvalue weighted by Crippen LogP contribution is 2.17. The van der Waals surface area contributed by atoms with Gasteiger partial charge in [-0.1, -0.05) is 30.9 Å². The Morgan fingerprint density at radius 2 is 2.19 bits per heavy atom. The number of para-hydroxylation sites is 1. The Morgan fingerprint density at radius 3 is 2.90 bits per heavy atom. The minimum atomic E-state index is -0.283. The lowest BCUT2D eigenvalue weighted by molar-refractivity contribution is -0.122. The van der Waals surface area contributed by atoms with Crippen LogP contribution in [0.4, 0.5) is 0 Å². The van der Waals surface area contributed by atoms with Gasteiger partial charge in [0.15, 0.2) is 0 Å². The van der Waals surface area contributed by atoms with Crippen molar-refractivity contribution < 1.29 is 14.3 Å². The second-order valence-corrected chi connectivity index (χ2v) is 4.59. The molecular formula is C16H24N2O3. The van der Waals surface area contributed by atoms with Gasteiger partial charge < -0.3 is 20.1 Å². The van der Waals surface area contributed by atoms with Crippen LogP contribution in [0.15, 0.2) is 36.9 Å². The zero-order chi connectivity index (χ0) is 15.5. The van der Waals surface area contributed by atoms with Gasteiger partial charge in [0.25, 0.3) is 0 Å². The minimum Gasteiger partial charge on any atom is -0.489 e. The summed E-state index contributed by atoms with van der Waals surface area (Å²) in [5, 5.41) is 5.98. The maximum atomic E-state index is 11.8. The summed E-state index contributed by atoms with van der Waals surface area (Å²) in [6.07, 6.45) is 1.70. The van der Waals surface area contributed by atoms with E-state index >= 15 is 0 Å². The predicted molar refractivity (Wildman–Crippen MR) is 83.3 cm³/mol. The van der Waals surface area contributed by atoms with E-state index in [1.165, 1.54) is 0 Å². The van der Waals surface area contributed by atoms with Gasteiger partial charge in [-0.25, -0.2) is 0 Å². The number of hydrogen-bond donors (Lipinski definition) is 2. The number of benzene rings is 1. The highest BCUT2D eigenvalue weighted by molar-refractivity contribution is 5.81. The third kappa shape index (κ3) is 6.42. The molecule has 1 atom stereocenters. The molecular weight excluding hydrogens is 268 g/mol. The van der Waals surface area contributed by atoms with Crippen molar-refractivity contribution >= 4 is 5.91 Å². The van der Waals surface area contributed by atoms with Crippen LogP contribution < -0.4 is 15.4 Å². The summed E-state index contributed by atoms with van der Waals surface area (Å²) in [6.45, 7) is 7.51. The monoisotopic (exact) mass is 292 g/mol. The number of nitrogens with one attached hydrogen (secondary N) is 2. The van der Waals surface area contributed by atoms with Gasteiger partial charge in [0.1, 0.15) is 12.4 Å². The fourth-order valence-corrected chi connectivity index (χ4v) is 1.72. The van der Waals surface area contributed by atoms with Crippen molar-refractivity contribution in [2.75, 3.05) is 26.9 Å². The number of hydrogen-bond acceptors (Lipinski definition) is 4. The normalized spacial score (nSPS) is 11.7. The van der Waals surface area contributed by atoms with Crippen LogP contribution in [0.3, 0.4) is 0 Å². The van der Waals surface area contributed by atoms with Crippen LogP contribution in [0, 0.1) is 0 Å². The molecule has 1 rings (SSSR count). The van der Waals surface area contributed by atoms with E-state index in [9.17, 15) is 4.79 Å². The summed E-state index contributed by atoms with van der Waals surface area (Å²) >= 11 is 0. The van der Waals surface area contributed by atoms with Crippen LogP contribution in [-0.4, -0.2) is 38.8 Å². The van der Waals surface area contributed by atoms with Gasteiger partial charge in [-0.05, 0) is 13.0 Å². The van der Waals surface area contributed by atoms with Crippen molar-refractivity contribution in [3.05, 3.63) is 42.5 Å². The molecule has 0 aliphatic heterocycles. The van der Waals surface area contributed by atoms with Gasteiger partial charge >= 0.3 is 0 Å². The van der Waals surface area contributed by atoms with Gasteiger partial charge in [-0.2, -0.15) is 0 Å². The van der Waals surface area contributed by atoms with Gasteiger partial charge in [0, 0.05) is 25.8 Å². The molecule has 1 amide bonds. The number of carbonyl (C=O) groups is 1. The van der Waals surface area contributed by atoms with Crippen LogP contribution >= 0.6 is 0 Å². The maximum Gasteiger partial charge on any atom is 0.236 e. The number of ether oxygens (including phenoxy) is 2. The molecule has 0 aromatic heterocycles. The molecule has 0 fully saturated rings. The SMILES string of the molecule is C=CCOc1ccccc1CNC(C)C(=O)NCCOC. The lowest BCUT2D eigenvalue weighted by atomic mass is 10.2. The summed E-state index contributed by atoms with van der Waals surface area (Å²) in [4.78, 5) is 11.8. The largest absolute Gasteiger partial charge is 0.489 e. The molecule has 2 N–H and O–H groups in total.